The van der Waals surface area contributed by atoms with E-state index in [1.165, 1.54) is 16.7 Å². The zero-order chi connectivity index (χ0) is 19.0. The molecule has 2 heterocycles. The summed E-state index contributed by atoms with van der Waals surface area (Å²) in [7, 11) is 0. The van der Waals surface area contributed by atoms with E-state index in [1.54, 1.807) is 0 Å². The summed E-state index contributed by atoms with van der Waals surface area (Å²) >= 11 is 0. The van der Waals surface area contributed by atoms with E-state index >= 15 is 0 Å². The van der Waals surface area contributed by atoms with Crippen molar-refractivity contribution in [3.05, 3.63) is 58.7 Å². The van der Waals surface area contributed by atoms with Gasteiger partial charge in [0.2, 0.25) is 6.79 Å². The Balaban J connectivity index is 1.72. The SMILES string of the molecule is Cc1ccc(C)c(C(c2ccc3c(c2)OCO3)N2CCC(C(=O)O)CC2)c1. The second-order valence-corrected chi connectivity index (χ2v) is 7.52. The van der Waals surface area contributed by atoms with Crippen LogP contribution in [-0.2, 0) is 4.79 Å². The molecule has 1 atom stereocenters. The predicted octanol–water partition coefficient (Wildman–Crippen LogP) is 3.92. The van der Waals surface area contributed by atoms with Crippen molar-refractivity contribution in [2.24, 2.45) is 5.92 Å². The standard InChI is InChI=1S/C22H25NO4/c1-14-3-4-15(2)18(11-14)21(23-9-7-16(8-10-23)22(24)25)17-5-6-19-20(12-17)27-13-26-19/h3-6,11-12,16,21H,7-10,13H2,1-2H3,(H,24,25). The van der Waals surface area contributed by atoms with Crippen LogP contribution in [0.25, 0.3) is 0 Å². The third-order valence-electron chi connectivity index (χ3n) is 5.69. The lowest BCUT2D eigenvalue weighted by atomic mass is 9.89. The molecule has 2 aliphatic rings. The van der Waals surface area contributed by atoms with E-state index in [1.807, 2.05) is 6.07 Å². The van der Waals surface area contributed by atoms with Crippen molar-refractivity contribution in [2.75, 3.05) is 19.9 Å². The molecule has 0 spiro atoms. The van der Waals surface area contributed by atoms with Gasteiger partial charge in [-0.2, -0.15) is 0 Å². The first kappa shape index (κ1) is 17.9. The molecule has 0 radical (unpaired) electrons. The Kier molecular flexibility index (Phi) is 4.79. The Morgan fingerprint density at radius 1 is 1.07 bits per heavy atom. The van der Waals surface area contributed by atoms with Crippen LogP contribution >= 0.6 is 0 Å². The minimum Gasteiger partial charge on any atom is -0.481 e. The van der Waals surface area contributed by atoms with Gasteiger partial charge < -0.3 is 14.6 Å². The van der Waals surface area contributed by atoms with E-state index in [0.717, 1.165) is 30.2 Å². The molecule has 4 rings (SSSR count). The van der Waals surface area contributed by atoms with E-state index in [4.69, 9.17) is 9.47 Å². The van der Waals surface area contributed by atoms with Crippen LogP contribution in [0.2, 0.25) is 0 Å². The fraction of sp³-hybridized carbons (Fsp3) is 0.409. The summed E-state index contributed by atoms with van der Waals surface area (Å²) in [4.78, 5) is 13.8. The number of rotatable bonds is 4. The first-order chi connectivity index (χ1) is 13.0. The molecule has 1 saturated heterocycles. The zero-order valence-corrected chi connectivity index (χ0v) is 15.8. The Morgan fingerprint density at radius 2 is 1.81 bits per heavy atom. The molecule has 1 N–H and O–H groups in total. The van der Waals surface area contributed by atoms with Crippen molar-refractivity contribution >= 4 is 5.97 Å². The highest BCUT2D eigenvalue weighted by atomic mass is 16.7. The van der Waals surface area contributed by atoms with Crippen LogP contribution in [0.1, 0.15) is 41.1 Å². The maximum atomic E-state index is 11.3. The van der Waals surface area contributed by atoms with Crippen LogP contribution in [0.15, 0.2) is 36.4 Å². The highest BCUT2D eigenvalue weighted by molar-refractivity contribution is 5.70. The molecule has 0 aromatic heterocycles. The summed E-state index contributed by atoms with van der Waals surface area (Å²) in [6.07, 6.45) is 1.36. The molecule has 2 aliphatic heterocycles. The van der Waals surface area contributed by atoms with E-state index in [9.17, 15) is 9.90 Å². The van der Waals surface area contributed by atoms with Gasteiger partial charge in [0.15, 0.2) is 11.5 Å². The molecule has 1 unspecified atom stereocenters. The number of fused-ring (bicyclic) bond motifs is 1. The molecule has 0 saturated carbocycles. The Morgan fingerprint density at radius 3 is 2.56 bits per heavy atom. The van der Waals surface area contributed by atoms with Gasteiger partial charge in [-0.1, -0.05) is 29.8 Å². The lowest BCUT2D eigenvalue weighted by molar-refractivity contribution is -0.143. The van der Waals surface area contributed by atoms with Crippen LogP contribution in [0, 0.1) is 19.8 Å². The van der Waals surface area contributed by atoms with Crippen LogP contribution in [0.5, 0.6) is 11.5 Å². The molecule has 2 aromatic carbocycles. The van der Waals surface area contributed by atoms with Crippen LogP contribution in [0.3, 0.4) is 0 Å². The maximum absolute atomic E-state index is 11.3. The molecule has 0 aliphatic carbocycles. The molecule has 5 nitrogen and oxygen atoms in total. The van der Waals surface area contributed by atoms with E-state index < -0.39 is 5.97 Å². The number of piperidine rings is 1. The van der Waals surface area contributed by atoms with Gasteiger partial charge >= 0.3 is 5.97 Å². The topological polar surface area (TPSA) is 59.0 Å². The molecule has 27 heavy (non-hydrogen) atoms. The summed E-state index contributed by atoms with van der Waals surface area (Å²) in [6.45, 7) is 6.04. The molecular weight excluding hydrogens is 342 g/mol. The van der Waals surface area contributed by atoms with Crippen molar-refractivity contribution in [1.29, 1.82) is 0 Å². The number of carbonyl (C=O) groups is 1. The Bertz CT molecular complexity index is 855. The van der Waals surface area contributed by atoms with Crippen LogP contribution in [-0.4, -0.2) is 35.9 Å². The fourth-order valence-corrected chi connectivity index (χ4v) is 4.13. The summed E-state index contributed by atoms with van der Waals surface area (Å²) < 4.78 is 11.1. The van der Waals surface area contributed by atoms with E-state index in [2.05, 4.69) is 49.1 Å². The number of hydrogen-bond acceptors (Lipinski definition) is 4. The third kappa shape index (κ3) is 3.52. The molecule has 2 aromatic rings. The van der Waals surface area contributed by atoms with Gasteiger partial charge in [-0.15, -0.1) is 0 Å². The number of ether oxygens (including phenoxy) is 2. The summed E-state index contributed by atoms with van der Waals surface area (Å²) in [5.41, 5.74) is 4.88. The Labute approximate surface area is 159 Å². The van der Waals surface area contributed by atoms with Crippen molar-refractivity contribution in [3.63, 3.8) is 0 Å². The highest BCUT2D eigenvalue weighted by Crippen LogP contribution is 2.40. The van der Waals surface area contributed by atoms with E-state index in [0.29, 0.717) is 12.8 Å². The second-order valence-electron chi connectivity index (χ2n) is 7.52. The number of carboxylic acids is 1. The minimum absolute atomic E-state index is 0.0779. The first-order valence-electron chi connectivity index (χ1n) is 9.46. The number of aliphatic carboxylic acids is 1. The normalized spacial score (nSPS) is 18.4. The quantitative estimate of drug-likeness (QED) is 0.888. The summed E-state index contributed by atoms with van der Waals surface area (Å²) in [6, 6.07) is 12.8. The number of hydrogen-bond donors (Lipinski definition) is 1. The smallest absolute Gasteiger partial charge is 0.306 e. The minimum atomic E-state index is -0.680. The molecule has 1 fully saturated rings. The second kappa shape index (κ2) is 7.24. The Hall–Kier alpha value is -2.53. The average molecular weight is 367 g/mol. The third-order valence-corrected chi connectivity index (χ3v) is 5.69. The number of nitrogens with zero attached hydrogens (tertiary/aromatic N) is 1. The van der Waals surface area contributed by atoms with E-state index in [-0.39, 0.29) is 18.8 Å². The molecule has 0 bridgehead atoms. The van der Waals surface area contributed by atoms with Gasteiger partial charge in [0.25, 0.3) is 0 Å². The lowest BCUT2D eigenvalue weighted by Crippen LogP contribution is -2.39. The first-order valence-corrected chi connectivity index (χ1v) is 9.46. The van der Waals surface area contributed by atoms with Crippen molar-refractivity contribution in [3.8, 4) is 11.5 Å². The van der Waals surface area contributed by atoms with Gasteiger partial charge in [0.05, 0.1) is 12.0 Å². The van der Waals surface area contributed by atoms with Crippen LogP contribution in [0.4, 0.5) is 0 Å². The lowest BCUT2D eigenvalue weighted by Gasteiger charge is -2.38. The monoisotopic (exact) mass is 367 g/mol. The number of likely N-dealkylation sites (tertiary alicyclic amines) is 1. The number of benzene rings is 2. The molecule has 142 valence electrons. The van der Waals surface area contributed by atoms with Gasteiger partial charge in [-0.05, 0) is 68.6 Å². The molecular formula is C22H25NO4. The van der Waals surface area contributed by atoms with Gasteiger partial charge in [-0.3, -0.25) is 9.69 Å². The molecule has 0 amide bonds. The van der Waals surface area contributed by atoms with Crippen molar-refractivity contribution in [1.82, 2.24) is 4.90 Å². The maximum Gasteiger partial charge on any atom is 0.306 e. The van der Waals surface area contributed by atoms with Crippen LogP contribution < -0.4 is 9.47 Å². The summed E-state index contributed by atoms with van der Waals surface area (Å²) in [5, 5.41) is 9.33. The van der Waals surface area contributed by atoms with Crippen molar-refractivity contribution in [2.45, 2.75) is 32.7 Å². The highest BCUT2D eigenvalue weighted by Gasteiger charge is 2.31. The molecule has 5 heteroatoms. The fourth-order valence-electron chi connectivity index (χ4n) is 4.13. The largest absolute Gasteiger partial charge is 0.481 e. The number of carboxylic acid groups (broad SMARTS) is 1. The van der Waals surface area contributed by atoms with Gasteiger partial charge in [0, 0.05) is 0 Å². The van der Waals surface area contributed by atoms with Gasteiger partial charge in [-0.25, -0.2) is 0 Å². The number of aryl methyl sites for hydroxylation is 2. The average Bonchev–Trinajstić information content (AvgIpc) is 3.13. The zero-order valence-electron chi connectivity index (χ0n) is 15.8. The summed E-state index contributed by atoms with van der Waals surface area (Å²) in [5.74, 6) is 0.643. The predicted molar refractivity (Wildman–Crippen MR) is 102 cm³/mol. The van der Waals surface area contributed by atoms with Crippen molar-refractivity contribution < 1.29 is 19.4 Å². The van der Waals surface area contributed by atoms with Gasteiger partial charge in [0.1, 0.15) is 0 Å².